The van der Waals surface area contributed by atoms with E-state index in [4.69, 9.17) is 4.74 Å². The maximum Gasteiger partial charge on any atom is 0.219 e. The molecule has 0 amide bonds. The minimum atomic E-state index is -0.304. The quantitative estimate of drug-likeness (QED) is 0.289. The molecule has 0 bridgehead atoms. The largest absolute Gasteiger partial charge is 0.439 e. The summed E-state index contributed by atoms with van der Waals surface area (Å²) < 4.78 is 18.7. The highest BCUT2D eigenvalue weighted by Crippen LogP contribution is 2.20. The van der Waals surface area contributed by atoms with Gasteiger partial charge in [0.25, 0.3) is 0 Å². The smallest absolute Gasteiger partial charge is 0.219 e. The first-order valence-electron chi connectivity index (χ1n) is 8.74. The summed E-state index contributed by atoms with van der Waals surface area (Å²) in [6.07, 6.45) is 1.68. The molecule has 0 unspecified atom stereocenters. The van der Waals surface area contributed by atoms with Gasteiger partial charge in [0.1, 0.15) is 11.6 Å². The van der Waals surface area contributed by atoms with Gasteiger partial charge < -0.3 is 15.0 Å². The highest BCUT2D eigenvalue weighted by atomic mass is 127. The Morgan fingerprint density at radius 1 is 1.28 bits per heavy atom. The van der Waals surface area contributed by atoms with Gasteiger partial charge in [0, 0.05) is 38.3 Å². The average molecular weight is 527 g/mol. The van der Waals surface area contributed by atoms with Gasteiger partial charge >= 0.3 is 0 Å². The van der Waals surface area contributed by atoms with Gasteiger partial charge in [-0.15, -0.1) is 35.3 Å². The third-order valence-corrected chi connectivity index (χ3v) is 4.75. The lowest BCUT2D eigenvalue weighted by Crippen LogP contribution is -2.38. The normalized spacial score (nSPS) is 11.0. The Bertz CT molecular complexity index is 948. The molecule has 1 N–H and O–H groups in total. The summed E-state index contributed by atoms with van der Waals surface area (Å²) >= 11 is 1.64. The number of rotatable bonds is 6. The van der Waals surface area contributed by atoms with Gasteiger partial charge in [0.2, 0.25) is 5.88 Å². The van der Waals surface area contributed by atoms with Crippen LogP contribution in [0.5, 0.6) is 11.6 Å². The lowest BCUT2D eigenvalue weighted by molar-refractivity contribution is 0.459. The van der Waals surface area contributed by atoms with Crippen molar-refractivity contribution in [1.29, 1.82) is 0 Å². The van der Waals surface area contributed by atoms with Crippen LogP contribution in [0.3, 0.4) is 0 Å². The minimum absolute atomic E-state index is 0. The van der Waals surface area contributed by atoms with Crippen molar-refractivity contribution in [3.05, 3.63) is 70.1 Å². The fraction of sp³-hybridized carbons (Fsp3) is 0.250. The number of nitrogens with one attached hydrogen (secondary N) is 1. The summed E-state index contributed by atoms with van der Waals surface area (Å²) in [6.45, 7) is 3.24. The number of aryl methyl sites for hydroxylation is 1. The Morgan fingerprint density at radius 2 is 2.03 bits per heavy atom. The zero-order chi connectivity index (χ0) is 19.9. The zero-order valence-corrected chi connectivity index (χ0v) is 19.6. The number of aliphatic imine (C=N–C) groups is 1. The van der Waals surface area contributed by atoms with Gasteiger partial charge in [-0.1, -0.05) is 0 Å². The Morgan fingerprint density at radius 3 is 2.69 bits per heavy atom. The summed E-state index contributed by atoms with van der Waals surface area (Å²) in [7, 11) is 3.72. The molecular formula is C20H23FIN5OS. The predicted molar refractivity (Wildman–Crippen MR) is 125 cm³/mol. The van der Waals surface area contributed by atoms with Gasteiger partial charge in [-0.3, -0.25) is 4.99 Å². The summed E-state index contributed by atoms with van der Waals surface area (Å²) in [6, 6.07) is 9.58. The fourth-order valence-electron chi connectivity index (χ4n) is 2.60. The molecule has 9 heteroatoms. The van der Waals surface area contributed by atoms with Crippen LogP contribution in [0.25, 0.3) is 0 Å². The van der Waals surface area contributed by atoms with Crippen molar-refractivity contribution >= 4 is 41.3 Å². The van der Waals surface area contributed by atoms with E-state index < -0.39 is 0 Å². The van der Waals surface area contributed by atoms with Crippen molar-refractivity contribution in [2.75, 3.05) is 14.1 Å². The van der Waals surface area contributed by atoms with Crippen LogP contribution in [0.15, 0.2) is 53.0 Å². The topological polar surface area (TPSA) is 62.6 Å². The molecule has 0 saturated carbocycles. The summed E-state index contributed by atoms with van der Waals surface area (Å²) in [5, 5.41) is 6.44. The van der Waals surface area contributed by atoms with E-state index in [9.17, 15) is 4.39 Å². The summed E-state index contributed by atoms with van der Waals surface area (Å²) in [5.41, 5.74) is 2.01. The Labute approximate surface area is 190 Å². The molecule has 0 aliphatic rings. The van der Waals surface area contributed by atoms with Crippen LogP contribution in [0, 0.1) is 12.7 Å². The first-order chi connectivity index (χ1) is 13.5. The number of ether oxygens (including phenoxy) is 1. The van der Waals surface area contributed by atoms with Crippen molar-refractivity contribution in [1.82, 2.24) is 20.2 Å². The number of hydrogen-bond acceptors (Lipinski definition) is 5. The van der Waals surface area contributed by atoms with E-state index in [2.05, 4.69) is 25.7 Å². The second-order valence-corrected chi connectivity index (χ2v) is 7.24. The second kappa shape index (κ2) is 11.1. The lowest BCUT2D eigenvalue weighted by Gasteiger charge is -2.21. The first kappa shape index (κ1) is 23.0. The van der Waals surface area contributed by atoms with Crippen molar-refractivity contribution < 1.29 is 9.13 Å². The molecule has 1 aromatic carbocycles. The van der Waals surface area contributed by atoms with Crippen LogP contribution in [0.4, 0.5) is 4.39 Å². The van der Waals surface area contributed by atoms with Crippen LogP contribution in [-0.4, -0.2) is 34.9 Å². The van der Waals surface area contributed by atoms with E-state index in [1.807, 2.05) is 31.0 Å². The summed E-state index contributed by atoms with van der Waals surface area (Å²) in [5.74, 6) is 1.45. The van der Waals surface area contributed by atoms with Gasteiger partial charge in [0.15, 0.2) is 5.96 Å². The number of benzene rings is 1. The monoisotopic (exact) mass is 527 g/mol. The van der Waals surface area contributed by atoms with E-state index >= 15 is 0 Å². The van der Waals surface area contributed by atoms with Crippen LogP contribution in [-0.2, 0) is 13.1 Å². The molecule has 0 radical (unpaired) electrons. The number of thiazole rings is 1. The van der Waals surface area contributed by atoms with Gasteiger partial charge in [-0.25, -0.2) is 14.4 Å². The number of nitrogens with zero attached hydrogens (tertiary/aromatic N) is 4. The SMILES string of the molecule is CN=C(NCc1ccnc(Oc2ccc(F)cc2)c1)N(C)Cc1csc(C)n1.I. The van der Waals surface area contributed by atoms with Gasteiger partial charge in [0.05, 0.1) is 17.2 Å². The Balaban J connectivity index is 0.00000300. The van der Waals surface area contributed by atoms with E-state index in [1.165, 1.54) is 12.1 Å². The lowest BCUT2D eigenvalue weighted by atomic mass is 10.2. The molecule has 2 heterocycles. The zero-order valence-electron chi connectivity index (χ0n) is 16.4. The number of guanidine groups is 1. The van der Waals surface area contributed by atoms with Crippen LogP contribution >= 0.6 is 35.3 Å². The van der Waals surface area contributed by atoms with Crippen molar-refractivity contribution in [2.24, 2.45) is 4.99 Å². The van der Waals surface area contributed by atoms with E-state index in [1.54, 1.807) is 36.7 Å². The van der Waals surface area contributed by atoms with E-state index in [0.29, 0.717) is 24.7 Å². The molecule has 0 aliphatic carbocycles. The van der Waals surface area contributed by atoms with Crippen LogP contribution in [0.2, 0.25) is 0 Å². The number of aromatic nitrogens is 2. The molecule has 0 saturated heterocycles. The Hall–Kier alpha value is -2.27. The third-order valence-electron chi connectivity index (χ3n) is 3.93. The van der Waals surface area contributed by atoms with Gasteiger partial charge in [-0.05, 0) is 42.8 Å². The maximum absolute atomic E-state index is 13.0. The number of halogens is 2. The minimum Gasteiger partial charge on any atom is -0.439 e. The fourth-order valence-corrected chi connectivity index (χ4v) is 3.21. The molecule has 6 nitrogen and oxygen atoms in total. The Kier molecular flexibility index (Phi) is 8.77. The maximum atomic E-state index is 13.0. The van der Waals surface area contributed by atoms with Crippen LogP contribution in [0.1, 0.15) is 16.3 Å². The molecule has 2 aromatic heterocycles. The molecule has 0 atom stereocenters. The van der Waals surface area contributed by atoms with E-state index in [-0.39, 0.29) is 29.8 Å². The molecule has 0 fully saturated rings. The third kappa shape index (κ3) is 6.93. The molecule has 0 aliphatic heterocycles. The molecule has 29 heavy (non-hydrogen) atoms. The standard InChI is InChI=1S/C20H22FN5OS.HI/c1-14-25-17(13-28-14)12-26(3)20(22-2)24-11-15-8-9-23-19(10-15)27-18-6-4-16(21)5-7-18;/h4-10,13H,11-12H2,1-3H3,(H,22,24);1H. The molecule has 0 spiro atoms. The predicted octanol–water partition coefficient (Wildman–Crippen LogP) is 4.60. The van der Waals surface area contributed by atoms with Crippen LogP contribution < -0.4 is 10.1 Å². The number of hydrogen-bond donors (Lipinski definition) is 1. The van der Waals surface area contributed by atoms with Crippen molar-refractivity contribution in [3.63, 3.8) is 0 Å². The highest BCUT2D eigenvalue weighted by Gasteiger charge is 2.09. The average Bonchev–Trinajstić information content (AvgIpc) is 3.09. The van der Waals surface area contributed by atoms with Gasteiger partial charge in [-0.2, -0.15) is 0 Å². The number of pyridine rings is 1. The highest BCUT2D eigenvalue weighted by molar-refractivity contribution is 14.0. The second-order valence-electron chi connectivity index (χ2n) is 6.17. The molecule has 154 valence electrons. The molecule has 3 rings (SSSR count). The van der Waals surface area contributed by atoms with Crippen molar-refractivity contribution in [2.45, 2.75) is 20.0 Å². The van der Waals surface area contributed by atoms with Crippen molar-refractivity contribution in [3.8, 4) is 11.6 Å². The molecule has 3 aromatic rings. The molecular weight excluding hydrogens is 504 g/mol. The first-order valence-corrected chi connectivity index (χ1v) is 9.62. The summed E-state index contributed by atoms with van der Waals surface area (Å²) in [4.78, 5) is 15.0. The van der Waals surface area contributed by atoms with E-state index in [0.717, 1.165) is 22.2 Å².